The fourth-order valence-electron chi connectivity index (χ4n) is 1.70. The number of nitrogens with two attached hydrogens (primary N) is 1. The normalized spacial score (nSPS) is 10.7. The van der Waals surface area contributed by atoms with Gasteiger partial charge in [-0.05, 0) is 19.8 Å². The van der Waals surface area contributed by atoms with Gasteiger partial charge in [0.1, 0.15) is 0 Å². The lowest BCUT2D eigenvalue weighted by molar-refractivity contribution is -0.117. The summed E-state index contributed by atoms with van der Waals surface area (Å²) >= 11 is 0. The lowest BCUT2D eigenvalue weighted by Gasteiger charge is -2.05. The lowest BCUT2D eigenvalue weighted by Crippen LogP contribution is -2.15. The van der Waals surface area contributed by atoms with Gasteiger partial charge in [0.25, 0.3) is 0 Å². The maximum Gasteiger partial charge on any atom is 0.223 e. The summed E-state index contributed by atoms with van der Waals surface area (Å²) in [6, 6.07) is 0. The summed E-state index contributed by atoms with van der Waals surface area (Å²) < 4.78 is 7.10. The zero-order valence-electron chi connectivity index (χ0n) is 10.5. The van der Waals surface area contributed by atoms with E-state index in [0.29, 0.717) is 12.3 Å². The van der Waals surface area contributed by atoms with Crippen molar-refractivity contribution in [2.45, 2.75) is 39.7 Å². The second-order valence-electron chi connectivity index (χ2n) is 3.75. The van der Waals surface area contributed by atoms with Crippen LogP contribution in [-0.4, -0.2) is 34.1 Å². The Balaban J connectivity index is 2.59. The molecule has 0 bridgehead atoms. The summed E-state index contributed by atoms with van der Waals surface area (Å²) in [7, 11) is 0. The summed E-state index contributed by atoms with van der Waals surface area (Å²) in [5.74, 6) is -0.374. The third kappa shape index (κ3) is 4.14. The van der Waals surface area contributed by atoms with Crippen LogP contribution in [0, 0.1) is 0 Å². The molecule has 1 amide bonds. The van der Waals surface area contributed by atoms with E-state index < -0.39 is 0 Å². The van der Waals surface area contributed by atoms with Gasteiger partial charge in [-0.15, -0.1) is 5.10 Å². The molecule has 0 saturated carbocycles. The number of ether oxygens (including phenoxy) is 1. The van der Waals surface area contributed by atoms with Gasteiger partial charge in [0.15, 0.2) is 0 Å². The SMILES string of the molecule is CCOCCCn1nnc(CC(N)=O)c1CC. The number of aromatic nitrogens is 3. The predicted octanol–water partition coefficient (Wildman–Crippen LogP) is 0.295. The Morgan fingerprint density at radius 1 is 1.47 bits per heavy atom. The number of hydrogen-bond acceptors (Lipinski definition) is 4. The van der Waals surface area contributed by atoms with Gasteiger partial charge in [0.2, 0.25) is 5.91 Å². The average molecular weight is 240 g/mol. The van der Waals surface area contributed by atoms with Crippen molar-refractivity contribution in [2.24, 2.45) is 5.73 Å². The third-order valence-corrected chi connectivity index (χ3v) is 2.46. The van der Waals surface area contributed by atoms with Gasteiger partial charge in [0, 0.05) is 19.8 Å². The Morgan fingerprint density at radius 2 is 2.24 bits per heavy atom. The number of nitrogens with zero attached hydrogens (tertiary/aromatic N) is 3. The van der Waals surface area contributed by atoms with Crippen molar-refractivity contribution >= 4 is 5.91 Å². The van der Waals surface area contributed by atoms with Crippen LogP contribution >= 0.6 is 0 Å². The molecule has 1 aromatic heterocycles. The van der Waals surface area contributed by atoms with E-state index in [1.54, 1.807) is 0 Å². The minimum atomic E-state index is -0.374. The van der Waals surface area contributed by atoms with Crippen LogP contribution in [-0.2, 0) is 28.9 Å². The third-order valence-electron chi connectivity index (χ3n) is 2.46. The molecule has 0 aromatic carbocycles. The monoisotopic (exact) mass is 240 g/mol. The molecule has 0 spiro atoms. The predicted molar refractivity (Wildman–Crippen MR) is 63.4 cm³/mol. The fourth-order valence-corrected chi connectivity index (χ4v) is 1.70. The van der Waals surface area contributed by atoms with E-state index in [1.807, 2.05) is 18.5 Å². The first-order valence-electron chi connectivity index (χ1n) is 5.96. The Bertz CT molecular complexity index is 362. The molecule has 1 rings (SSSR count). The molecule has 6 heteroatoms. The highest BCUT2D eigenvalue weighted by Crippen LogP contribution is 2.08. The molecule has 0 aliphatic heterocycles. The number of hydrogen-bond donors (Lipinski definition) is 1. The van der Waals surface area contributed by atoms with E-state index in [2.05, 4.69) is 10.3 Å². The van der Waals surface area contributed by atoms with Crippen molar-refractivity contribution < 1.29 is 9.53 Å². The van der Waals surface area contributed by atoms with Crippen molar-refractivity contribution in [1.82, 2.24) is 15.0 Å². The van der Waals surface area contributed by atoms with Crippen LogP contribution in [0.5, 0.6) is 0 Å². The van der Waals surface area contributed by atoms with E-state index in [-0.39, 0.29) is 12.3 Å². The van der Waals surface area contributed by atoms with Crippen LogP contribution in [0.25, 0.3) is 0 Å². The van der Waals surface area contributed by atoms with Crippen LogP contribution < -0.4 is 5.73 Å². The van der Waals surface area contributed by atoms with E-state index in [4.69, 9.17) is 10.5 Å². The molecule has 6 nitrogen and oxygen atoms in total. The Labute approximate surface area is 101 Å². The molecule has 96 valence electrons. The van der Waals surface area contributed by atoms with Crippen LogP contribution in [0.4, 0.5) is 0 Å². The summed E-state index contributed by atoms with van der Waals surface area (Å²) in [6.45, 7) is 6.19. The van der Waals surface area contributed by atoms with E-state index in [0.717, 1.165) is 31.7 Å². The molecule has 0 atom stereocenters. The maximum atomic E-state index is 10.9. The second kappa shape index (κ2) is 7.01. The number of primary amides is 1. The van der Waals surface area contributed by atoms with Gasteiger partial charge in [-0.25, -0.2) is 4.68 Å². The summed E-state index contributed by atoms with van der Waals surface area (Å²) in [6.07, 6.45) is 1.85. The van der Waals surface area contributed by atoms with Crippen molar-refractivity contribution in [1.29, 1.82) is 0 Å². The van der Waals surface area contributed by atoms with Crippen molar-refractivity contribution in [3.05, 3.63) is 11.4 Å². The lowest BCUT2D eigenvalue weighted by atomic mass is 10.2. The Kier molecular flexibility index (Phi) is 5.62. The highest BCUT2D eigenvalue weighted by Gasteiger charge is 2.12. The molecule has 0 radical (unpaired) electrons. The molecule has 2 N–H and O–H groups in total. The topological polar surface area (TPSA) is 83.0 Å². The number of aryl methyl sites for hydroxylation is 1. The largest absolute Gasteiger partial charge is 0.382 e. The van der Waals surface area contributed by atoms with E-state index in [1.165, 1.54) is 0 Å². The van der Waals surface area contributed by atoms with Crippen molar-refractivity contribution in [2.75, 3.05) is 13.2 Å². The summed E-state index contributed by atoms with van der Waals surface area (Å²) in [4.78, 5) is 10.9. The molecule has 0 saturated heterocycles. The first-order chi connectivity index (χ1) is 8.19. The van der Waals surface area contributed by atoms with Crippen LogP contribution in [0.3, 0.4) is 0 Å². The number of carbonyl (C=O) groups is 1. The van der Waals surface area contributed by atoms with E-state index >= 15 is 0 Å². The Morgan fingerprint density at radius 3 is 2.82 bits per heavy atom. The minimum Gasteiger partial charge on any atom is -0.382 e. The van der Waals surface area contributed by atoms with Gasteiger partial charge in [0.05, 0.1) is 17.8 Å². The quantitative estimate of drug-likeness (QED) is 0.662. The molecule has 0 unspecified atom stereocenters. The molecule has 0 aliphatic rings. The van der Waals surface area contributed by atoms with Gasteiger partial charge >= 0.3 is 0 Å². The maximum absolute atomic E-state index is 10.9. The van der Waals surface area contributed by atoms with Crippen LogP contribution in [0.15, 0.2) is 0 Å². The van der Waals surface area contributed by atoms with Gasteiger partial charge in [-0.2, -0.15) is 0 Å². The molecular weight excluding hydrogens is 220 g/mol. The molecule has 1 heterocycles. The molecule has 0 fully saturated rings. The smallest absolute Gasteiger partial charge is 0.223 e. The molecule has 17 heavy (non-hydrogen) atoms. The number of carbonyl (C=O) groups excluding carboxylic acids is 1. The minimum absolute atomic E-state index is 0.161. The zero-order valence-corrected chi connectivity index (χ0v) is 10.5. The zero-order chi connectivity index (χ0) is 12.7. The summed E-state index contributed by atoms with van der Waals surface area (Å²) in [5, 5.41) is 8.04. The highest BCUT2D eigenvalue weighted by atomic mass is 16.5. The van der Waals surface area contributed by atoms with E-state index in [9.17, 15) is 4.79 Å². The standard InChI is InChI=1S/C11H20N4O2/c1-3-10-9(8-11(12)16)13-14-15(10)6-5-7-17-4-2/h3-8H2,1-2H3,(H2,12,16). The second-order valence-corrected chi connectivity index (χ2v) is 3.75. The highest BCUT2D eigenvalue weighted by molar-refractivity contribution is 5.76. The van der Waals surface area contributed by atoms with Gasteiger partial charge in [-0.3, -0.25) is 4.79 Å². The van der Waals surface area contributed by atoms with Crippen molar-refractivity contribution in [3.8, 4) is 0 Å². The number of rotatable bonds is 8. The molecular formula is C11H20N4O2. The molecule has 1 aromatic rings. The first kappa shape index (κ1) is 13.6. The fraction of sp³-hybridized carbons (Fsp3) is 0.727. The van der Waals surface area contributed by atoms with Crippen LogP contribution in [0.1, 0.15) is 31.7 Å². The first-order valence-corrected chi connectivity index (χ1v) is 5.96. The van der Waals surface area contributed by atoms with Gasteiger partial charge in [-0.1, -0.05) is 12.1 Å². The van der Waals surface area contributed by atoms with Gasteiger partial charge < -0.3 is 10.5 Å². The summed E-state index contributed by atoms with van der Waals surface area (Å²) in [5.41, 5.74) is 6.84. The average Bonchev–Trinajstić information content (AvgIpc) is 2.66. The number of amides is 1. The van der Waals surface area contributed by atoms with Crippen molar-refractivity contribution in [3.63, 3.8) is 0 Å². The van der Waals surface area contributed by atoms with Crippen LogP contribution in [0.2, 0.25) is 0 Å². The molecule has 0 aliphatic carbocycles. The Hall–Kier alpha value is -1.43.